The molecule has 0 rings (SSSR count). The van der Waals surface area contributed by atoms with Crippen molar-refractivity contribution in [3.05, 3.63) is 12.2 Å². The lowest BCUT2D eigenvalue weighted by Crippen LogP contribution is -1.92. The number of carbonyl (C=O) groups excluding carboxylic acids is 1. The van der Waals surface area contributed by atoms with E-state index in [-0.39, 0.29) is 0 Å². The molecule has 0 aliphatic carbocycles. The molecule has 0 aromatic heterocycles. The lowest BCUT2D eigenvalue weighted by atomic mass is 10.0. The van der Waals surface area contributed by atoms with Crippen LogP contribution in [0.25, 0.3) is 0 Å². The first kappa shape index (κ1) is 9.41. The normalized spacial score (nSPS) is 13.8. The summed E-state index contributed by atoms with van der Waals surface area (Å²) in [5.41, 5.74) is 0. The standard InChI is InChI=1S/C9H16O/c1-3-4-6-9(2)7-5-8-10/h3-4,8-9H,5-7H2,1-2H3/b4-3+. The third-order valence-electron chi connectivity index (χ3n) is 1.55. The lowest BCUT2D eigenvalue weighted by Gasteiger charge is -2.03. The summed E-state index contributed by atoms with van der Waals surface area (Å²) >= 11 is 0. The van der Waals surface area contributed by atoms with Crippen LogP contribution in [0.5, 0.6) is 0 Å². The van der Waals surface area contributed by atoms with Crippen LogP contribution in [0, 0.1) is 5.92 Å². The fourth-order valence-electron chi connectivity index (χ4n) is 0.839. The van der Waals surface area contributed by atoms with Crippen LogP contribution in [0.2, 0.25) is 0 Å². The van der Waals surface area contributed by atoms with Crippen LogP contribution in [0.3, 0.4) is 0 Å². The topological polar surface area (TPSA) is 17.1 Å². The minimum atomic E-state index is 0.654. The van der Waals surface area contributed by atoms with E-state index in [1.54, 1.807) is 0 Å². The van der Waals surface area contributed by atoms with Gasteiger partial charge in [0.05, 0.1) is 0 Å². The second-order valence-corrected chi connectivity index (χ2v) is 2.65. The van der Waals surface area contributed by atoms with Crippen molar-refractivity contribution in [3.63, 3.8) is 0 Å². The van der Waals surface area contributed by atoms with Crippen LogP contribution < -0.4 is 0 Å². The van der Waals surface area contributed by atoms with E-state index in [1.807, 2.05) is 6.92 Å². The van der Waals surface area contributed by atoms with E-state index in [4.69, 9.17) is 0 Å². The van der Waals surface area contributed by atoms with Gasteiger partial charge in [-0.3, -0.25) is 0 Å². The molecule has 1 heteroatoms. The number of rotatable bonds is 5. The fraction of sp³-hybridized carbons (Fsp3) is 0.667. The van der Waals surface area contributed by atoms with E-state index in [2.05, 4.69) is 19.1 Å². The summed E-state index contributed by atoms with van der Waals surface area (Å²) in [6, 6.07) is 0. The SMILES string of the molecule is C/C=C/CC(C)CCC=O. The largest absolute Gasteiger partial charge is 0.303 e. The molecular weight excluding hydrogens is 124 g/mol. The first-order valence-corrected chi connectivity index (χ1v) is 3.86. The molecule has 0 fully saturated rings. The monoisotopic (exact) mass is 140 g/mol. The molecule has 0 spiro atoms. The fourth-order valence-corrected chi connectivity index (χ4v) is 0.839. The van der Waals surface area contributed by atoms with Gasteiger partial charge in [0.25, 0.3) is 0 Å². The van der Waals surface area contributed by atoms with Crippen molar-refractivity contribution in [3.8, 4) is 0 Å². The Kier molecular flexibility index (Phi) is 6.14. The molecule has 0 saturated heterocycles. The number of aldehydes is 1. The van der Waals surface area contributed by atoms with Crippen LogP contribution in [0.15, 0.2) is 12.2 Å². The van der Waals surface area contributed by atoms with E-state index < -0.39 is 0 Å². The molecule has 0 N–H and O–H groups in total. The van der Waals surface area contributed by atoms with Crippen LogP contribution in [0.1, 0.15) is 33.1 Å². The van der Waals surface area contributed by atoms with Gasteiger partial charge >= 0.3 is 0 Å². The van der Waals surface area contributed by atoms with Crippen LogP contribution >= 0.6 is 0 Å². The molecule has 1 unspecified atom stereocenters. The maximum Gasteiger partial charge on any atom is 0.120 e. The molecule has 58 valence electrons. The van der Waals surface area contributed by atoms with Gasteiger partial charge in [-0.05, 0) is 25.7 Å². The van der Waals surface area contributed by atoms with E-state index in [9.17, 15) is 4.79 Å². The smallest absolute Gasteiger partial charge is 0.120 e. The molecule has 0 saturated carbocycles. The van der Waals surface area contributed by atoms with Crippen molar-refractivity contribution < 1.29 is 4.79 Å². The highest BCUT2D eigenvalue weighted by Crippen LogP contribution is 2.09. The van der Waals surface area contributed by atoms with Gasteiger partial charge in [0.2, 0.25) is 0 Å². The number of carbonyl (C=O) groups is 1. The molecule has 0 aliphatic heterocycles. The maximum absolute atomic E-state index is 9.97. The highest BCUT2D eigenvalue weighted by Gasteiger charge is 1.96. The van der Waals surface area contributed by atoms with Gasteiger partial charge in [-0.15, -0.1) is 0 Å². The molecule has 0 heterocycles. The quantitative estimate of drug-likeness (QED) is 0.423. The first-order chi connectivity index (χ1) is 4.81. The second kappa shape index (κ2) is 6.53. The molecule has 0 aromatic carbocycles. The number of hydrogen-bond acceptors (Lipinski definition) is 1. The number of hydrogen-bond donors (Lipinski definition) is 0. The zero-order valence-electron chi connectivity index (χ0n) is 6.84. The van der Waals surface area contributed by atoms with Gasteiger partial charge in [0.1, 0.15) is 6.29 Å². The van der Waals surface area contributed by atoms with Gasteiger partial charge in [0.15, 0.2) is 0 Å². The Balaban J connectivity index is 3.24. The Morgan fingerprint density at radius 3 is 2.70 bits per heavy atom. The Labute approximate surface area is 63.1 Å². The van der Waals surface area contributed by atoms with E-state index in [0.717, 1.165) is 19.1 Å². The first-order valence-electron chi connectivity index (χ1n) is 3.86. The van der Waals surface area contributed by atoms with E-state index >= 15 is 0 Å². The van der Waals surface area contributed by atoms with Crippen molar-refractivity contribution in [1.82, 2.24) is 0 Å². The van der Waals surface area contributed by atoms with Crippen LogP contribution in [-0.2, 0) is 4.79 Å². The molecular formula is C9H16O. The Morgan fingerprint density at radius 1 is 1.50 bits per heavy atom. The summed E-state index contributed by atoms with van der Waals surface area (Å²) in [5, 5.41) is 0. The molecule has 0 aromatic rings. The van der Waals surface area contributed by atoms with Crippen molar-refractivity contribution in [2.75, 3.05) is 0 Å². The third kappa shape index (κ3) is 5.54. The minimum Gasteiger partial charge on any atom is -0.303 e. The average Bonchev–Trinajstić information content (AvgIpc) is 1.97. The Bertz CT molecular complexity index is 105. The third-order valence-corrected chi connectivity index (χ3v) is 1.55. The average molecular weight is 140 g/mol. The highest BCUT2D eigenvalue weighted by atomic mass is 16.1. The summed E-state index contributed by atoms with van der Waals surface area (Å²) < 4.78 is 0. The summed E-state index contributed by atoms with van der Waals surface area (Å²) in [6.07, 6.45) is 8.02. The molecule has 10 heavy (non-hydrogen) atoms. The summed E-state index contributed by atoms with van der Waals surface area (Å²) in [5.74, 6) is 0.654. The molecule has 0 bridgehead atoms. The summed E-state index contributed by atoms with van der Waals surface area (Å²) in [6.45, 7) is 4.19. The Hall–Kier alpha value is -0.590. The molecule has 0 radical (unpaired) electrons. The lowest BCUT2D eigenvalue weighted by molar-refractivity contribution is -0.108. The van der Waals surface area contributed by atoms with Crippen molar-refractivity contribution >= 4 is 6.29 Å². The van der Waals surface area contributed by atoms with Gasteiger partial charge in [-0.2, -0.15) is 0 Å². The minimum absolute atomic E-state index is 0.654. The van der Waals surface area contributed by atoms with Crippen molar-refractivity contribution in [2.45, 2.75) is 33.1 Å². The van der Waals surface area contributed by atoms with Crippen molar-refractivity contribution in [2.24, 2.45) is 5.92 Å². The molecule has 1 nitrogen and oxygen atoms in total. The predicted molar refractivity (Wildman–Crippen MR) is 43.9 cm³/mol. The molecule has 0 amide bonds. The number of allylic oxidation sites excluding steroid dienone is 2. The van der Waals surface area contributed by atoms with Crippen LogP contribution in [0.4, 0.5) is 0 Å². The van der Waals surface area contributed by atoms with E-state index in [1.165, 1.54) is 0 Å². The van der Waals surface area contributed by atoms with Gasteiger partial charge in [-0.1, -0.05) is 19.1 Å². The van der Waals surface area contributed by atoms with Crippen molar-refractivity contribution in [1.29, 1.82) is 0 Å². The molecule has 0 aliphatic rings. The summed E-state index contributed by atoms with van der Waals surface area (Å²) in [7, 11) is 0. The summed E-state index contributed by atoms with van der Waals surface area (Å²) in [4.78, 5) is 9.97. The molecule has 1 atom stereocenters. The van der Waals surface area contributed by atoms with Gasteiger partial charge in [0, 0.05) is 6.42 Å². The van der Waals surface area contributed by atoms with Crippen LogP contribution in [-0.4, -0.2) is 6.29 Å². The Morgan fingerprint density at radius 2 is 2.20 bits per heavy atom. The maximum atomic E-state index is 9.97. The van der Waals surface area contributed by atoms with E-state index in [0.29, 0.717) is 12.3 Å². The second-order valence-electron chi connectivity index (χ2n) is 2.65. The van der Waals surface area contributed by atoms with Gasteiger partial charge in [-0.25, -0.2) is 0 Å². The van der Waals surface area contributed by atoms with Gasteiger partial charge < -0.3 is 4.79 Å². The zero-order valence-corrected chi connectivity index (χ0v) is 6.84. The highest BCUT2D eigenvalue weighted by molar-refractivity contribution is 5.49. The predicted octanol–water partition coefficient (Wildman–Crippen LogP) is 2.57. The zero-order chi connectivity index (χ0) is 7.82.